The molecule has 7 heteroatoms. The van der Waals surface area contributed by atoms with Gasteiger partial charge in [-0.15, -0.1) is 0 Å². The van der Waals surface area contributed by atoms with Gasteiger partial charge in [0.25, 0.3) is 0 Å². The van der Waals surface area contributed by atoms with Gasteiger partial charge in [-0.05, 0) is 25.1 Å². The Kier molecular flexibility index (Phi) is 5.29. The van der Waals surface area contributed by atoms with Gasteiger partial charge in [-0.2, -0.15) is 0 Å². The van der Waals surface area contributed by atoms with Gasteiger partial charge in [0.05, 0.1) is 29.5 Å². The lowest BCUT2D eigenvalue weighted by molar-refractivity contribution is 0.0867. The maximum Gasteiger partial charge on any atom is 0.151 e. The fourth-order valence-corrected chi connectivity index (χ4v) is 3.84. The highest BCUT2D eigenvalue weighted by atomic mass is 32.2. The highest BCUT2D eigenvalue weighted by Crippen LogP contribution is 2.21. The molecule has 1 aromatic heterocycles. The van der Waals surface area contributed by atoms with Crippen LogP contribution in [0.15, 0.2) is 18.3 Å². The molecule has 0 bridgehead atoms. The topological polar surface area (TPSA) is 70.5 Å². The molecule has 0 saturated carbocycles. The van der Waals surface area contributed by atoms with Gasteiger partial charge in [0, 0.05) is 19.0 Å². The summed E-state index contributed by atoms with van der Waals surface area (Å²) in [5.41, 5.74) is 0.436. The number of halogens is 1. The molecule has 0 aromatic carbocycles. The Bertz CT molecular complexity index is 562. The molecule has 1 N–H and O–H groups in total. The summed E-state index contributed by atoms with van der Waals surface area (Å²) in [5.74, 6) is -0.134. The zero-order chi connectivity index (χ0) is 15.5. The van der Waals surface area contributed by atoms with Gasteiger partial charge in [0.1, 0.15) is 5.82 Å². The maximum atomic E-state index is 12.8. The number of hydrogen-bond acceptors (Lipinski definition) is 5. The molecular weight excluding hydrogens is 295 g/mol. The van der Waals surface area contributed by atoms with Crippen molar-refractivity contribution in [1.29, 1.82) is 0 Å². The predicted octanol–water partition coefficient (Wildman–Crippen LogP) is 1.01. The standard InChI is InChI=1S/C14H21FN2O3S/c1-11(14(18)13-4-3-12(15)9-16-13)10-17-5-2-7-21(19,20)8-6-17/h3-4,9,11,14,18H,2,5-8,10H2,1H3. The molecule has 2 rings (SSSR count). The Labute approximate surface area is 124 Å². The molecule has 2 heterocycles. The smallest absolute Gasteiger partial charge is 0.151 e. The van der Waals surface area contributed by atoms with E-state index in [0.717, 1.165) is 6.20 Å². The van der Waals surface area contributed by atoms with Gasteiger partial charge in [-0.25, -0.2) is 12.8 Å². The Balaban J connectivity index is 1.94. The maximum absolute atomic E-state index is 12.8. The monoisotopic (exact) mass is 316 g/mol. The first-order valence-corrected chi connectivity index (χ1v) is 8.92. The van der Waals surface area contributed by atoms with Crippen LogP contribution in [0.5, 0.6) is 0 Å². The van der Waals surface area contributed by atoms with Crippen molar-refractivity contribution in [2.24, 2.45) is 5.92 Å². The Hall–Kier alpha value is -1.05. The fraction of sp³-hybridized carbons (Fsp3) is 0.643. The van der Waals surface area contributed by atoms with Crippen LogP contribution in [0, 0.1) is 11.7 Å². The number of hydrogen-bond donors (Lipinski definition) is 1. The van der Waals surface area contributed by atoms with Crippen LogP contribution in [0.25, 0.3) is 0 Å². The summed E-state index contributed by atoms with van der Waals surface area (Å²) in [4.78, 5) is 5.95. The molecule has 21 heavy (non-hydrogen) atoms. The third kappa shape index (κ3) is 4.72. The van der Waals surface area contributed by atoms with E-state index in [4.69, 9.17) is 0 Å². The van der Waals surface area contributed by atoms with E-state index in [9.17, 15) is 17.9 Å². The number of sulfone groups is 1. The summed E-state index contributed by atoms with van der Waals surface area (Å²) in [6.07, 6.45) is 0.925. The zero-order valence-corrected chi connectivity index (χ0v) is 12.9. The first-order valence-electron chi connectivity index (χ1n) is 7.10. The van der Waals surface area contributed by atoms with Crippen molar-refractivity contribution in [3.8, 4) is 0 Å². The highest BCUT2D eigenvalue weighted by Gasteiger charge is 2.24. The van der Waals surface area contributed by atoms with Crippen molar-refractivity contribution in [1.82, 2.24) is 9.88 Å². The molecule has 5 nitrogen and oxygen atoms in total. The SMILES string of the molecule is CC(CN1CCCS(=O)(=O)CC1)C(O)c1ccc(F)cn1. The minimum atomic E-state index is -2.92. The second kappa shape index (κ2) is 6.81. The molecule has 2 atom stereocenters. The lowest BCUT2D eigenvalue weighted by atomic mass is 10.0. The molecule has 118 valence electrons. The van der Waals surface area contributed by atoms with E-state index in [0.29, 0.717) is 31.7 Å². The van der Waals surface area contributed by atoms with Crippen LogP contribution in [0.4, 0.5) is 4.39 Å². The first kappa shape index (κ1) is 16.3. The van der Waals surface area contributed by atoms with Crippen molar-refractivity contribution in [3.63, 3.8) is 0 Å². The number of aromatic nitrogens is 1. The van der Waals surface area contributed by atoms with Gasteiger partial charge < -0.3 is 10.0 Å². The molecular formula is C14H21FN2O3S. The van der Waals surface area contributed by atoms with Gasteiger partial charge in [-0.3, -0.25) is 4.98 Å². The number of nitrogens with zero attached hydrogens (tertiary/aromatic N) is 2. The minimum Gasteiger partial charge on any atom is -0.386 e. The van der Waals surface area contributed by atoms with Crippen molar-refractivity contribution in [2.75, 3.05) is 31.1 Å². The van der Waals surface area contributed by atoms with E-state index < -0.39 is 21.8 Å². The second-order valence-corrected chi connectivity index (χ2v) is 7.93. The zero-order valence-electron chi connectivity index (χ0n) is 12.1. The van der Waals surface area contributed by atoms with Crippen LogP contribution in [0.2, 0.25) is 0 Å². The Morgan fingerprint density at radius 2 is 2.14 bits per heavy atom. The molecule has 1 aliphatic heterocycles. The van der Waals surface area contributed by atoms with Crippen LogP contribution >= 0.6 is 0 Å². The van der Waals surface area contributed by atoms with Gasteiger partial charge >= 0.3 is 0 Å². The molecule has 1 aromatic rings. The molecule has 1 aliphatic rings. The normalized spacial score (nSPS) is 22.4. The predicted molar refractivity (Wildman–Crippen MR) is 78.0 cm³/mol. The van der Waals surface area contributed by atoms with Crippen molar-refractivity contribution >= 4 is 9.84 Å². The molecule has 1 fully saturated rings. The summed E-state index contributed by atoms with van der Waals surface area (Å²) < 4.78 is 36.0. The molecule has 0 spiro atoms. The first-order chi connectivity index (χ1) is 9.87. The molecule has 1 saturated heterocycles. The lowest BCUT2D eigenvalue weighted by Crippen LogP contribution is -2.33. The number of rotatable bonds is 4. The molecule has 0 radical (unpaired) electrons. The Morgan fingerprint density at radius 3 is 2.81 bits per heavy atom. The van der Waals surface area contributed by atoms with E-state index in [1.165, 1.54) is 12.1 Å². The fourth-order valence-electron chi connectivity index (χ4n) is 2.53. The van der Waals surface area contributed by atoms with E-state index in [2.05, 4.69) is 9.88 Å². The summed E-state index contributed by atoms with van der Waals surface area (Å²) >= 11 is 0. The molecule has 0 aliphatic carbocycles. The average Bonchev–Trinajstić information content (AvgIpc) is 2.60. The minimum absolute atomic E-state index is 0.108. The number of aliphatic hydroxyl groups is 1. The van der Waals surface area contributed by atoms with E-state index in [1.807, 2.05) is 6.92 Å². The number of pyridine rings is 1. The lowest BCUT2D eigenvalue weighted by Gasteiger charge is -2.26. The van der Waals surface area contributed by atoms with Crippen LogP contribution in [0.3, 0.4) is 0 Å². The van der Waals surface area contributed by atoms with Crippen molar-refractivity contribution < 1.29 is 17.9 Å². The molecule has 0 amide bonds. The average molecular weight is 316 g/mol. The summed E-state index contributed by atoms with van der Waals surface area (Å²) in [7, 11) is -2.92. The van der Waals surface area contributed by atoms with Crippen LogP contribution in [-0.2, 0) is 9.84 Å². The third-order valence-corrected chi connectivity index (χ3v) is 5.50. The second-order valence-electron chi connectivity index (χ2n) is 5.63. The summed E-state index contributed by atoms with van der Waals surface area (Å²) in [6, 6.07) is 2.75. The largest absolute Gasteiger partial charge is 0.386 e. The summed E-state index contributed by atoms with van der Waals surface area (Å²) in [6.45, 7) is 3.69. The van der Waals surface area contributed by atoms with E-state index in [1.54, 1.807) is 0 Å². The van der Waals surface area contributed by atoms with Gasteiger partial charge in [-0.1, -0.05) is 6.92 Å². The van der Waals surface area contributed by atoms with Gasteiger partial charge in [0.2, 0.25) is 0 Å². The van der Waals surface area contributed by atoms with Crippen LogP contribution in [0.1, 0.15) is 25.1 Å². The van der Waals surface area contributed by atoms with E-state index in [-0.39, 0.29) is 17.4 Å². The van der Waals surface area contributed by atoms with Crippen LogP contribution in [-0.4, -0.2) is 54.5 Å². The van der Waals surface area contributed by atoms with Gasteiger partial charge in [0.15, 0.2) is 9.84 Å². The summed E-state index contributed by atoms with van der Waals surface area (Å²) in [5, 5.41) is 10.3. The quantitative estimate of drug-likeness (QED) is 0.898. The molecule has 2 unspecified atom stereocenters. The van der Waals surface area contributed by atoms with Crippen LogP contribution < -0.4 is 0 Å². The van der Waals surface area contributed by atoms with Crippen molar-refractivity contribution in [3.05, 3.63) is 29.8 Å². The van der Waals surface area contributed by atoms with Crippen molar-refractivity contribution in [2.45, 2.75) is 19.4 Å². The highest BCUT2D eigenvalue weighted by molar-refractivity contribution is 7.91. The third-order valence-electron chi connectivity index (χ3n) is 3.79. The Morgan fingerprint density at radius 1 is 1.38 bits per heavy atom. The number of aliphatic hydroxyl groups excluding tert-OH is 1. The van der Waals surface area contributed by atoms with E-state index >= 15 is 0 Å².